The number of benzene rings is 2. The molecule has 1 heterocycles. The molecule has 0 radical (unpaired) electrons. The number of nitrogens with one attached hydrogen (secondary N) is 1. The van der Waals surface area contributed by atoms with E-state index in [9.17, 15) is 9.59 Å². The van der Waals surface area contributed by atoms with Crippen molar-refractivity contribution in [1.29, 1.82) is 0 Å². The summed E-state index contributed by atoms with van der Waals surface area (Å²) in [5, 5.41) is 12.1. The molecular formula is C32H45N5O4. The maximum absolute atomic E-state index is 12.8. The molecule has 3 rings (SSSR count). The van der Waals surface area contributed by atoms with E-state index in [4.69, 9.17) is 14.6 Å². The third kappa shape index (κ3) is 8.39. The number of hydrogen-bond acceptors (Lipinski definition) is 7. The number of aromatic nitrogens is 3. The number of hydrogen-bond donors (Lipinski definition) is 1. The molecule has 0 fully saturated rings. The Balaban J connectivity index is 1.84. The number of esters is 1. The van der Waals surface area contributed by atoms with Gasteiger partial charge >= 0.3 is 5.97 Å². The van der Waals surface area contributed by atoms with Crippen molar-refractivity contribution in [3.63, 3.8) is 0 Å². The first kappa shape index (κ1) is 31.8. The molecule has 0 aliphatic carbocycles. The highest BCUT2D eigenvalue weighted by Crippen LogP contribution is 2.30. The monoisotopic (exact) mass is 563 g/mol. The van der Waals surface area contributed by atoms with E-state index in [1.54, 1.807) is 25.7 Å². The fourth-order valence-corrected chi connectivity index (χ4v) is 4.43. The predicted octanol–water partition coefficient (Wildman–Crippen LogP) is 5.06. The average molecular weight is 564 g/mol. The number of carbonyl (C=O) groups is 2. The summed E-state index contributed by atoms with van der Waals surface area (Å²) < 4.78 is 11.8. The Kier molecular flexibility index (Phi) is 9.64. The summed E-state index contributed by atoms with van der Waals surface area (Å²) in [6.45, 7) is 20.1. The van der Waals surface area contributed by atoms with Gasteiger partial charge in [-0.25, -0.2) is 4.79 Å². The average Bonchev–Trinajstić information content (AvgIpc) is 3.21. The SMILES string of the molecule is CNC(=O)CN(Cc1cc(C)c(OC(C)(C)C(=O)OC(C)(C)C)c(C)c1)Cc1nn(-c2ccc(C)c(C)c2)nc1C. The molecule has 0 saturated carbocycles. The number of aryl methyl sites for hydroxylation is 5. The molecule has 2 aromatic carbocycles. The lowest BCUT2D eigenvalue weighted by Crippen LogP contribution is -2.43. The zero-order chi connectivity index (χ0) is 30.7. The Morgan fingerprint density at radius 2 is 1.51 bits per heavy atom. The van der Waals surface area contributed by atoms with Crippen LogP contribution < -0.4 is 10.1 Å². The highest BCUT2D eigenvalue weighted by Gasteiger charge is 2.35. The number of rotatable bonds is 10. The molecule has 0 unspecified atom stereocenters. The molecule has 0 saturated heterocycles. The van der Waals surface area contributed by atoms with Gasteiger partial charge in [0.05, 0.1) is 17.9 Å². The lowest BCUT2D eigenvalue weighted by molar-refractivity contribution is -0.171. The van der Waals surface area contributed by atoms with Crippen molar-refractivity contribution in [2.24, 2.45) is 0 Å². The zero-order valence-electron chi connectivity index (χ0n) is 26.4. The summed E-state index contributed by atoms with van der Waals surface area (Å²) in [5.74, 6) is 0.139. The van der Waals surface area contributed by atoms with Crippen molar-refractivity contribution in [3.8, 4) is 11.4 Å². The first-order chi connectivity index (χ1) is 19.0. The summed E-state index contributed by atoms with van der Waals surface area (Å²) >= 11 is 0. The van der Waals surface area contributed by atoms with Gasteiger partial charge in [-0.15, -0.1) is 0 Å². The highest BCUT2D eigenvalue weighted by atomic mass is 16.6. The summed E-state index contributed by atoms with van der Waals surface area (Å²) in [7, 11) is 1.63. The van der Waals surface area contributed by atoms with Crippen molar-refractivity contribution in [1.82, 2.24) is 25.2 Å². The van der Waals surface area contributed by atoms with Crippen molar-refractivity contribution in [2.45, 2.75) is 93.5 Å². The number of likely N-dealkylation sites (N-methyl/N-ethyl adjacent to an activating group) is 1. The molecule has 9 nitrogen and oxygen atoms in total. The Morgan fingerprint density at radius 1 is 0.878 bits per heavy atom. The van der Waals surface area contributed by atoms with Gasteiger partial charge in [0.25, 0.3) is 0 Å². The Morgan fingerprint density at radius 3 is 2.07 bits per heavy atom. The van der Waals surface area contributed by atoms with Gasteiger partial charge in [0, 0.05) is 20.1 Å². The van der Waals surface area contributed by atoms with E-state index in [1.165, 1.54) is 11.1 Å². The van der Waals surface area contributed by atoms with Crippen LogP contribution in [0.3, 0.4) is 0 Å². The van der Waals surface area contributed by atoms with Crippen molar-refractivity contribution < 1.29 is 19.1 Å². The largest absolute Gasteiger partial charge is 0.476 e. The normalized spacial score (nSPS) is 12.0. The van der Waals surface area contributed by atoms with Crippen LogP contribution in [0.25, 0.3) is 5.69 Å². The minimum Gasteiger partial charge on any atom is -0.476 e. The van der Waals surface area contributed by atoms with Crippen LogP contribution in [0.4, 0.5) is 0 Å². The van der Waals surface area contributed by atoms with Crippen LogP contribution in [-0.4, -0.2) is 56.6 Å². The smallest absolute Gasteiger partial charge is 0.350 e. The van der Waals surface area contributed by atoms with Gasteiger partial charge in [-0.05, 0) is 109 Å². The molecule has 41 heavy (non-hydrogen) atoms. The van der Waals surface area contributed by atoms with Crippen LogP contribution in [0.15, 0.2) is 30.3 Å². The van der Waals surface area contributed by atoms with Gasteiger partial charge in [-0.1, -0.05) is 18.2 Å². The van der Waals surface area contributed by atoms with Gasteiger partial charge in [0.2, 0.25) is 5.91 Å². The quantitative estimate of drug-likeness (QED) is 0.345. The topological polar surface area (TPSA) is 98.6 Å². The molecule has 0 aliphatic heterocycles. The molecule has 1 N–H and O–H groups in total. The molecule has 1 aromatic heterocycles. The molecule has 0 bridgehead atoms. The van der Waals surface area contributed by atoms with Crippen LogP contribution in [0, 0.1) is 34.6 Å². The summed E-state index contributed by atoms with van der Waals surface area (Å²) in [4.78, 5) is 28.9. The standard InChI is InChI=1S/C32H45N5O4/c1-20-12-13-26(16-21(20)2)37-34-24(5)27(35-37)18-36(19-28(38)33-11)17-25-14-22(3)29(23(4)15-25)40-32(9,10)30(39)41-31(6,7)8/h12-16H,17-19H2,1-11H3,(H,33,38). The fraction of sp³-hybridized carbons (Fsp3) is 0.500. The molecule has 0 atom stereocenters. The van der Waals surface area contributed by atoms with Crippen LogP contribution in [0.5, 0.6) is 5.75 Å². The van der Waals surface area contributed by atoms with E-state index >= 15 is 0 Å². The van der Waals surface area contributed by atoms with Gasteiger partial charge < -0.3 is 14.8 Å². The van der Waals surface area contributed by atoms with Crippen LogP contribution in [0.2, 0.25) is 0 Å². The molecule has 1 amide bonds. The minimum absolute atomic E-state index is 0.0864. The van der Waals surface area contributed by atoms with E-state index in [0.717, 1.165) is 33.8 Å². The van der Waals surface area contributed by atoms with Crippen molar-refractivity contribution >= 4 is 11.9 Å². The van der Waals surface area contributed by atoms with E-state index in [-0.39, 0.29) is 12.5 Å². The van der Waals surface area contributed by atoms with Crippen LogP contribution >= 0.6 is 0 Å². The van der Waals surface area contributed by atoms with Gasteiger partial charge in [-0.2, -0.15) is 15.0 Å². The van der Waals surface area contributed by atoms with Gasteiger partial charge in [-0.3, -0.25) is 9.69 Å². The number of ether oxygens (including phenoxy) is 2. The van der Waals surface area contributed by atoms with Crippen molar-refractivity contribution in [3.05, 3.63) is 69.5 Å². The molecule has 222 valence electrons. The molecular weight excluding hydrogens is 518 g/mol. The third-order valence-corrected chi connectivity index (χ3v) is 6.79. The second-order valence-corrected chi connectivity index (χ2v) is 12.3. The minimum atomic E-state index is -1.16. The molecule has 0 spiro atoms. The van der Waals surface area contributed by atoms with E-state index in [2.05, 4.69) is 36.4 Å². The second-order valence-electron chi connectivity index (χ2n) is 12.3. The van der Waals surface area contributed by atoms with E-state index < -0.39 is 17.2 Å². The second kappa shape index (κ2) is 12.4. The lowest BCUT2D eigenvalue weighted by Gasteiger charge is -2.30. The van der Waals surface area contributed by atoms with Crippen molar-refractivity contribution in [2.75, 3.05) is 13.6 Å². The van der Waals surface area contributed by atoms with Crippen LogP contribution in [-0.2, 0) is 27.4 Å². The fourth-order valence-electron chi connectivity index (χ4n) is 4.43. The Hall–Kier alpha value is -3.72. The number of amides is 1. The predicted molar refractivity (Wildman–Crippen MR) is 160 cm³/mol. The summed E-state index contributed by atoms with van der Waals surface area (Å²) in [6, 6.07) is 10.2. The highest BCUT2D eigenvalue weighted by molar-refractivity contribution is 5.79. The Bertz CT molecular complexity index is 1390. The van der Waals surface area contributed by atoms with E-state index in [0.29, 0.717) is 18.8 Å². The third-order valence-electron chi connectivity index (χ3n) is 6.79. The first-order valence-electron chi connectivity index (χ1n) is 13.9. The van der Waals surface area contributed by atoms with E-state index in [1.807, 2.05) is 64.6 Å². The first-order valence-corrected chi connectivity index (χ1v) is 13.9. The lowest BCUT2D eigenvalue weighted by atomic mass is 10.0. The maximum Gasteiger partial charge on any atom is 0.350 e. The van der Waals surface area contributed by atoms with Gasteiger partial charge in [0.15, 0.2) is 5.60 Å². The maximum atomic E-state index is 12.8. The number of nitrogens with zero attached hydrogens (tertiary/aromatic N) is 4. The number of carbonyl (C=O) groups excluding carboxylic acids is 2. The Labute approximate surface area is 244 Å². The van der Waals surface area contributed by atoms with Gasteiger partial charge in [0.1, 0.15) is 17.0 Å². The summed E-state index contributed by atoms with van der Waals surface area (Å²) in [5.41, 5.74) is 5.95. The summed E-state index contributed by atoms with van der Waals surface area (Å²) in [6.07, 6.45) is 0. The zero-order valence-corrected chi connectivity index (χ0v) is 26.4. The molecule has 9 heteroatoms. The van der Waals surface area contributed by atoms with Crippen LogP contribution in [0.1, 0.15) is 73.8 Å². The molecule has 0 aliphatic rings. The molecule has 3 aromatic rings.